The Morgan fingerprint density at radius 1 is 1.05 bits per heavy atom. The van der Waals surface area contributed by atoms with E-state index in [4.69, 9.17) is 24.1 Å². The first kappa shape index (κ1) is 39.0. The number of rotatable bonds is 15. The van der Waals surface area contributed by atoms with Crippen LogP contribution >= 0.6 is 23.5 Å². The van der Waals surface area contributed by atoms with Crippen LogP contribution in [0.4, 0.5) is 0 Å². The van der Waals surface area contributed by atoms with Crippen LogP contribution in [0, 0.1) is 0 Å². The van der Waals surface area contributed by atoms with Crippen molar-refractivity contribution in [3.05, 3.63) is 75.3 Å². The van der Waals surface area contributed by atoms with Crippen molar-refractivity contribution in [1.82, 2.24) is 35.7 Å². The number of amides is 3. The molecule has 4 heterocycles. The lowest BCUT2D eigenvalue weighted by Crippen LogP contribution is -2.81. The maximum Gasteiger partial charge on any atom is 0.352 e. The summed E-state index contributed by atoms with van der Waals surface area (Å²) in [6.07, 6.45) is 0. The predicted molar refractivity (Wildman–Crippen MR) is 187 cm³/mol. The zero-order valence-corrected chi connectivity index (χ0v) is 30.0. The second kappa shape index (κ2) is 15.6. The number of fused-ring (bicyclic) bond motifs is 2. The number of aromatic hydroxyl groups is 2. The van der Waals surface area contributed by atoms with E-state index in [0.29, 0.717) is 0 Å². The summed E-state index contributed by atoms with van der Waals surface area (Å²) in [6.45, 7) is -1.23. The second-order valence-electron chi connectivity index (χ2n) is 11.8. The molecular formula is C32H27N7O15S2. The van der Waals surface area contributed by atoms with Gasteiger partial charge < -0.3 is 50.1 Å². The van der Waals surface area contributed by atoms with Crippen molar-refractivity contribution in [1.29, 1.82) is 0 Å². The fourth-order valence-electron chi connectivity index (χ4n) is 5.70. The zero-order valence-electron chi connectivity index (χ0n) is 28.4. The normalized spacial score (nSPS) is 18.1. The molecule has 0 spiro atoms. The molecule has 7 N–H and O–H groups in total. The minimum absolute atomic E-state index is 0.00754. The zero-order chi connectivity index (χ0) is 40.5. The fraction of sp³-hybridized carbons (Fsp3) is 0.250. The van der Waals surface area contributed by atoms with Gasteiger partial charge in [-0.25, -0.2) is 19.1 Å². The maximum atomic E-state index is 14.1. The van der Waals surface area contributed by atoms with E-state index in [9.17, 15) is 48.9 Å². The minimum atomic E-state index is -2.16. The summed E-state index contributed by atoms with van der Waals surface area (Å²) in [7, 11) is 1.10. The summed E-state index contributed by atoms with van der Waals surface area (Å²) in [4.78, 5) is 90.0. The van der Waals surface area contributed by atoms with Crippen LogP contribution in [-0.2, 0) is 35.3 Å². The summed E-state index contributed by atoms with van der Waals surface area (Å²) in [6, 6.07) is 6.56. The number of benzene rings is 2. The van der Waals surface area contributed by atoms with E-state index in [0.717, 1.165) is 58.4 Å². The molecule has 0 bridgehead atoms. The molecule has 2 aromatic heterocycles. The standard InChI is InChI=1S/C32H27N7O15S2/c1-52-32(29(51)39-24(27(48)49)15(11-55-30(32)39)12-56-31-35-36-37-38(31)9-21(42)43)34-26(47)23(13-2-4-16(5-3-13)53-10-22(44)45)33-25(46)17-6-14-7-18(40)19(41)8-20(14)54-28(17)50/h2-8,23,30,40-41H,9-12H2,1H3,(H,33,46)(H,34,47)(H,42,43)(H,44,45)(H,48,49)/t23?,30-,32+/m1/s1. The summed E-state index contributed by atoms with van der Waals surface area (Å²) in [5.74, 6) is -8.27. The van der Waals surface area contributed by atoms with Gasteiger partial charge in [0.2, 0.25) is 11.1 Å². The van der Waals surface area contributed by atoms with Gasteiger partial charge in [-0.1, -0.05) is 23.9 Å². The van der Waals surface area contributed by atoms with Crippen LogP contribution in [0.1, 0.15) is 22.0 Å². The molecule has 0 saturated carbocycles. The van der Waals surface area contributed by atoms with Crippen molar-refractivity contribution in [3.63, 3.8) is 0 Å². The van der Waals surface area contributed by atoms with Gasteiger partial charge in [0.05, 0.1) is 0 Å². The molecule has 22 nitrogen and oxygen atoms in total. The van der Waals surface area contributed by atoms with E-state index in [1.165, 1.54) is 24.3 Å². The monoisotopic (exact) mass is 813 g/mol. The van der Waals surface area contributed by atoms with Crippen molar-refractivity contribution in [2.75, 3.05) is 25.2 Å². The van der Waals surface area contributed by atoms with Crippen molar-refractivity contribution in [2.24, 2.45) is 0 Å². The Morgan fingerprint density at radius 2 is 1.77 bits per heavy atom. The van der Waals surface area contributed by atoms with E-state index < -0.39 is 94.3 Å². The van der Waals surface area contributed by atoms with Crippen LogP contribution in [0.2, 0.25) is 0 Å². The van der Waals surface area contributed by atoms with E-state index in [2.05, 4.69) is 26.2 Å². The third kappa shape index (κ3) is 7.51. The predicted octanol–water partition coefficient (Wildman–Crippen LogP) is -0.285. The van der Waals surface area contributed by atoms with E-state index in [1.807, 2.05) is 0 Å². The second-order valence-corrected chi connectivity index (χ2v) is 13.8. The SMILES string of the molecule is CO[C@@]1(NC(=O)C(NC(=O)c2cc3cc(O)c(O)cc3oc2=O)c2ccc(OCC(=O)O)cc2)C(=O)N2C(C(=O)O)=C(CSc3nnnn3CC(=O)O)CS[C@@H]21. The van der Waals surface area contributed by atoms with Crippen LogP contribution in [0.5, 0.6) is 17.2 Å². The molecule has 2 aromatic carbocycles. The first-order valence-corrected chi connectivity index (χ1v) is 17.8. The largest absolute Gasteiger partial charge is 0.504 e. The Labute approximate surface area is 320 Å². The number of tetrazole rings is 1. The molecule has 3 amide bonds. The van der Waals surface area contributed by atoms with Gasteiger partial charge in [0.25, 0.3) is 17.5 Å². The number of β-lactam (4-membered cyclic amide) rings is 1. The molecular weight excluding hydrogens is 787 g/mol. The number of methoxy groups -OCH3 is 1. The van der Waals surface area contributed by atoms with Gasteiger partial charge in [-0.05, 0) is 45.8 Å². The molecule has 0 aliphatic carbocycles. The van der Waals surface area contributed by atoms with Crippen molar-refractivity contribution >= 4 is 70.1 Å². The van der Waals surface area contributed by atoms with E-state index >= 15 is 0 Å². The van der Waals surface area contributed by atoms with Crippen LogP contribution in [0.15, 0.2) is 68.1 Å². The Bertz CT molecular complexity index is 2380. The van der Waals surface area contributed by atoms with Crippen molar-refractivity contribution < 1.29 is 68.2 Å². The summed E-state index contributed by atoms with van der Waals surface area (Å²) in [5.41, 5.74) is -4.22. The van der Waals surface area contributed by atoms with E-state index in [-0.39, 0.29) is 44.5 Å². The third-order valence-corrected chi connectivity index (χ3v) is 10.7. The molecule has 24 heteroatoms. The molecule has 1 unspecified atom stereocenters. The van der Waals surface area contributed by atoms with Gasteiger partial charge in [-0.3, -0.25) is 24.1 Å². The highest BCUT2D eigenvalue weighted by atomic mass is 32.2. The first-order chi connectivity index (χ1) is 26.6. The number of phenolic OH excluding ortho intramolecular Hbond substituents is 2. The number of phenols is 2. The molecule has 2 aliphatic heterocycles. The lowest BCUT2D eigenvalue weighted by Gasteiger charge is -2.56. The molecule has 2 aliphatic rings. The summed E-state index contributed by atoms with van der Waals surface area (Å²) >= 11 is 1.98. The number of hydrogen-bond donors (Lipinski definition) is 7. The number of hydrogen-bond acceptors (Lipinski definition) is 17. The number of ether oxygens (including phenoxy) is 2. The number of carboxylic acid groups (broad SMARTS) is 3. The van der Waals surface area contributed by atoms with Crippen LogP contribution < -0.4 is 21.0 Å². The molecule has 4 aromatic rings. The number of nitrogens with zero attached hydrogens (tertiary/aromatic N) is 5. The van der Waals surface area contributed by atoms with Gasteiger partial charge in [0.15, 0.2) is 18.1 Å². The number of thioether (sulfide) groups is 2. The highest BCUT2D eigenvalue weighted by Gasteiger charge is 2.67. The lowest BCUT2D eigenvalue weighted by atomic mass is 9.96. The van der Waals surface area contributed by atoms with Crippen molar-refractivity contribution in [3.8, 4) is 17.2 Å². The highest BCUT2D eigenvalue weighted by Crippen LogP contribution is 2.47. The average Bonchev–Trinajstić information content (AvgIpc) is 3.60. The maximum absolute atomic E-state index is 14.1. The number of aliphatic carboxylic acids is 3. The fourth-order valence-corrected chi connectivity index (χ4v) is 8.16. The smallest absolute Gasteiger partial charge is 0.352 e. The Kier molecular flexibility index (Phi) is 10.9. The van der Waals surface area contributed by atoms with Gasteiger partial charge in [0, 0.05) is 30.1 Å². The van der Waals surface area contributed by atoms with E-state index in [1.54, 1.807) is 0 Å². The molecule has 0 radical (unpaired) electrons. The molecule has 6 rings (SSSR count). The Hall–Kier alpha value is -6.66. The molecule has 3 atom stereocenters. The van der Waals surface area contributed by atoms with Gasteiger partial charge in [-0.15, -0.1) is 16.9 Å². The number of nitrogens with one attached hydrogen (secondary N) is 2. The molecule has 1 saturated heterocycles. The molecule has 56 heavy (non-hydrogen) atoms. The molecule has 292 valence electrons. The van der Waals surface area contributed by atoms with Crippen LogP contribution in [-0.4, -0.2) is 123 Å². The average molecular weight is 814 g/mol. The Balaban J connectivity index is 1.28. The number of aromatic nitrogens is 4. The highest BCUT2D eigenvalue weighted by molar-refractivity contribution is 8.01. The quantitative estimate of drug-likeness (QED) is 0.0267. The van der Waals surface area contributed by atoms with Crippen molar-refractivity contribution in [2.45, 2.75) is 28.8 Å². The Morgan fingerprint density at radius 3 is 2.43 bits per heavy atom. The van der Waals surface area contributed by atoms with Crippen LogP contribution in [0.25, 0.3) is 11.0 Å². The molecule has 1 fully saturated rings. The number of carbonyl (C=O) groups excluding carboxylic acids is 3. The lowest BCUT2D eigenvalue weighted by molar-refractivity contribution is -0.192. The van der Waals surface area contributed by atoms with Gasteiger partial charge in [0.1, 0.15) is 40.6 Å². The summed E-state index contributed by atoms with van der Waals surface area (Å²) in [5, 5.41) is 62.6. The topological polar surface area (TPSA) is 323 Å². The minimum Gasteiger partial charge on any atom is -0.504 e. The van der Waals surface area contributed by atoms with Gasteiger partial charge in [-0.2, -0.15) is 0 Å². The van der Waals surface area contributed by atoms with Crippen LogP contribution in [0.3, 0.4) is 0 Å². The first-order valence-electron chi connectivity index (χ1n) is 15.8. The number of carboxylic acids is 3. The van der Waals surface area contributed by atoms with Gasteiger partial charge >= 0.3 is 23.5 Å². The summed E-state index contributed by atoms with van der Waals surface area (Å²) < 4.78 is 16.8. The third-order valence-electron chi connectivity index (χ3n) is 8.29. The number of carbonyl (C=O) groups is 6.